The van der Waals surface area contributed by atoms with E-state index in [1.807, 2.05) is 0 Å². The number of hydrogen-bond donors (Lipinski definition) is 0. The summed E-state index contributed by atoms with van der Waals surface area (Å²) in [5.74, 6) is 3.03. The lowest BCUT2D eigenvalue weighted by Gasteiger charge is -2.05. The van der Waals surface area contributed by atoms with Crippen molar-refractivity contribution in [1.29, 1.82) is 0 Å². The Morgan fingerprint density at radius 1 is 1.09 bits per heavy atom. The second-order valence-electron chi connectivity index (χ2n) is 4.24. The number of hydrogen-bond acceptors (Lipinski definition) is 8. The van der Waals surface area contributed by atoms with Crippen LogP contribution in [0, 0.1) is 0 Å². The first-order chi connectivity index (χ1) is 10.8. The average Bonchev–Trinajstić information content (AvgIpc) is 3.23. The predicted octanol–water partition coefficient (Wildman–Crippen LogP) is 3.03. The maximum Gasteiger partial charge on any atom is 0.277 e. The van der Waals surface area contributed by atoms with Crippen LogP contribution in [-0.2, 0) is 5.75 Å². The highest BCUT2D eigenvalue weighted by Gasteiger charge is 2.12. The molecule has 1 aromatic carbocycles. The summed E-state index contributed by atoms with van der Waals surface area (Å²) < 4.78 is 21.1. The molecule has 7 nitrogen and oxygen atoms in total. The molecule has 0 bridgehead atoms. The summed E-state index contributed by atoms with van der Waals surface area (Å²) in [6, 6.07) is 7.18. The molecule has 0 saturated carbocycles. The molecule has 0 N–H and O–H groups in total. The molecular formula is C14H13N3O4S. The first-order valence-electron chi connectivity index (χ1n) is 6.38. The number of ether oxygens (including phenoxy) is 2. The number of methoxy groups -OCH3 is 2. The molecule has 0 amide bonds. The quantitative estimate of drug-likeness (QED) is 0.641. The Bertz CT molecular complexity index is 720. The molecule has 0 spiro atoms. The van der Waals surface area contributed by atoms with Gasteiger partial charge in [0.05, 0.1) is 26.2 Å². The fraction of sp³-hybridized carbons (Fsp3) is 0.214. The third-order valence-electron chi connectivity index (χ3n) is 2.83. The molecule has 3 rings (SSSR count). The minimum atomic E-state index is 0.400. The van der Waals surface area contributed by atoms with Crippen LogP contribution >= 0.6 is 11.8 Å². The molecule has 8 heteroatoms. The molecule has 0 unspecified atom stereocenters. The highest BCUT2D eigenvalue weighted by Crippen LogP contribution is 2.31. The van der Waals surface area contributed by atoms with Crippen molar-refractivity contribution in [3.05, 3.63) is 36.2 Å². The fourth-order valence-corrected chi connectivity index (χ4v) is 2.42. The smallest absolute Gasteiger partial charge is 0.277 e. The van der Waals surface area contributed by atoms with E-state index in [1.54, 1.807) is 44.7 Å². The monoisotopic (exact) mass is 319 g/mol. The van der Waals surface area contributed by atoms with Gasteiger partial charge in [0.25, 0.3) is 5.22 Å². The van der Waals surface area contributed by atoms with E-state index in [9.17, 15) is 0 Å². The summed E-state index contributed by atoms with van der Waals surface area (Å²) in [5, 5.41) is 12.1. The van der Waals surface area contributed by atoms with Crippen LogP contribution in [0.5, 0.6) is 11.5 Å². The molecule has 22 heavy (non-hydrogen) atoms. The van der Waals surface area contributed by atoms with Gasteiger partial charge in [-0.3, -0.25) is 0 Å². The molecular weight excluding hydrogens is 306 g/mol. The largest absolute Gasteiger partial charge is 0.497 e. The Kier molecular flexibility index (Phi) is 4.29. The highest BCUT2D eigenvalue weighted by molar-refractivity contribution is 7.98. The Balaban J connectivity index is 1.78. The van der Waals surface area contributed by atoms with Gasteiger partial charge >= 0.3 is 0 Å². The summed E-state index contributed by atoms with van der Waals surface area (Å²) in [6.45, 7) is 0. The van der Waals surface area contributed by atoms with E-state index >= 15 is 0 Å². The van der Waals surface area contributed by atoms with Gasteiger partial charge in [-0.25, -0.2) is 0 Å². The first kappa shape index (κ1) is 14.5. The molecule has 0 aliphatic heterocycles. The number of nitrogens with zero attached hydrogens (tertiary/aromatic N) is 3. The Morgan fingerprint density at radius 2 is 1.86 bits per heavy atom. The van der Waals surface area contributed by atoms with Crippen molar-refractivity contribution >= 4 is 11.8 Å². The first-order valence-corrected chi connectivity index (χ1v) is 7.36. The zero-order chi connectivity index (χ0) is 15.4. The number of thioether (sulfide) groups is 1. The Hall–Kier alpha value is -2.48. The minimum absolute atomic E-state index is 0.400. The molecule has 2 aromatic heterocycles. The van der Waals surface area contributed by atoms with Gasteiger partial charge in [0.15, 0.2) is 0 Å². The van der Waals surface area contributed by atoms with Crippen molar-refractivity contribution in [1.82, 2.24) is 15.4 Å². The van der Waals surface area contributed by atoms with Crippen LogP contribution in [0.2, 0.25) is 0 Å². The van der Waals surface area contributed by atoms with Crippen molar-refractivity contribution < 1.29 is 18.4 Å². The molecule has 0 radical (unpaired) electrons. The number of benzene rings is 1. The van der Waals surface area contributed by atoms with Crippen molar-refractivity contribution in [3.8, 4) is 23.0 Å². The zero-order valence-corrected chi connectivity index (χ0v) is 12.8. The predicted molar refractivity (Wildman–Crippen MR) is 78.9 cm³/mol. The maximum atomic E-state index is 5.63. The van der Waals surface area contributed by atoms with Gasteiger partial charge in [0.1, 0.15) is 17.3 Å². The summed E-state index contributed by atoms with van der Waals surface area (Å²) in [5.41, 5.74) is 0.732. The highest BCUT2D eigenvalue weighted by atomic mass is 32.2. The van der Waals surface area contributed by atoms with E-state index in [2.05, 4.69) is 15.4 Å². The van der Waals surface area contributed by atoms with Crippen LogP contribution < -0.4 is 9.47 Å². The summed E-state index contributed by atoms with van der Waals surface area (Å²) in [7, 11) is 3.18. The van der Waals surface area contributed by atoms with Crippen molar-refractivity contribution in [2.45, 2.75) is 11.0 Å². The van der Waals surface area contributed by atoms with Crippen LogP contribution in [0.4, 0.5) is 0 Å². The van der Waals surface area contributed by atoms with E-state index in [4.69, 9.17) is 18.4 Å². The van der Waals surface area contributed by atoms with E-state index in [0.717, 1.165) is 11.3 Å². The lowest BCUT2D eigenvalue weighted by molar-refractivity contribution is 0.393. The second-order valence-corrected chi connectivity index (χ2v) is 5.17. The normalized spacial score (nSPS) is 10.6. The molecule has 0 saturated heterocycles. The van der Waals surface area contributed by atoms with Crippen molar-refractivity contribution in [2.75, 3.05) is 14.2 Å². The van der Waals surface area contributed by atoms with Crippen LogP contribution in [0.15, 0.2) is 44.6 Å². The molecule has 114 valence electrons. The second kappa shape index (κ2) is 6.52. The zero-order valence-electron chi connectivity index (χ0n) is 12.0. The maximum absolute atomic E-state index is 5.63. The van der Waals surface area contributed by atoms with Crippen molar-refractivity contribution in [2.24, 2.45) is 0 Å². The van der Waals surface area contributed by atoms with E-state index in [-0.39, 0.29) is 0 Å². The van der Waals surface area contributed by atoms with Gasteiger partial charge in [-0.2, -0.15) is 0 Å². The van der Waals surface area contributed by atoms with Crippen LogP contribution in [0.25, 0.3) is 11.5 Å². The average molecular weight is 319 g/mol. The Labute approximate surface area is 130 Å². The lowest BCUT2D eigenvalue weighted by Crippen LogP contribution is -1.88. The van der Waals surface area contributed by atoms with E-state index in [0.29, 0.717) is 28.4 Å². The van der Waals surface area contributed by atoms with Crippen LogP contribution in [-0.4, -0.2) is 29.6 Å². The molecule has 0 aliphatic rings. The SMILES string of the molecule is COc1cc(OC)cc(-c2nnc(SCc3ccno3)o2)c1. The van der Waals surface area contributed by atoms with Gasteiger partial charge in [0.2, 0.25) is 5.89 Å². The van der Waals surface area contributed by atoms with Crippen LogP contribution in [0.1, 0.15) is 5.76 Å². The third-order valence-corrected chi connectivity index (χ3v) is 3.67. The molecule has 2 heterocycles. The standard InChI is InChI=1S/C14H13N3O4S/c1-18-11-5-9(6-12(7-11)19-2)13-16-17-14(20-13)22-8-10-3-4-15-21-10/h3-7H,8H2,1-2H3. The van der Waals surface area contributed by atoms with Crippen molar-refractivity contribution in [3.63, 3.8) is 0 Å². The summed E-state index contributed by atoms with van der Waals surface area (Å²) in [6.07, 6.45) is 1.59. The van der Waals surface area contributed by atoms with Gasteiger partial charge in [-0.1, -0.05) is 16.9 Å². The fourth-order valence-electron chi connectivity index (χ4n) is 1.77. The topological polar surface area (TPSA) is 83.4 Å². The summed E-state index contributed by atoms with van der Waals surface area (Å²) >= 11 is 1.38. The number of aromatic nitrogens is 3. The van der Waals surface area contributed by atoms with E-state index in [1.165, 1.54) is 11.8 Å². The third kappa shape index (κ3) is 3.22. The van der Waals surface area contributed by atoms with Gasteiger partial charge in [-0.15, -0.1) is 10.2 Å². The minimum Gasteiger partial charge on any atom is -0.497 e. The van der Waals surface area contributed by atoms with Gasteiger partial charge < -0.3 is 18.4 Å². The molecule has 0 aliphatic carbocycles. The molecule has 0 fully saturated rings. The van der Waals surface area contributed by atoms with Crippen LogP contribution in [0.3, 0.4) is 0 Å². The van der Waals surface area contributed by atoms with E-state index < -0.39 is 0 Å². The van der Waals surface area contributed by atoms with Gasteiger partial charge in [-0.05, 0) is 12.1 Å². The lowest BCUT2D eigenvalue weighted by atomic mass is 10.2. The summed E-state index contributed by atoms with van der Waals surface area (Å²) in [4.78, 5) is 0. The number of rotatable bonds is 6. The Morgan fingerprint density at radius 3 is 2.50 bits per heavy atom. The van der Waals surface area contributed by atoms with Gasteiger partial charge in [0, 0.05) is 17.7 Å². The molecule has 3 aromatic rings. The molecule has 0 atom stereocenters.